The van der Waals surface area contributed by atoms with Gasteiger partial charge in [0.05, 0.1) is 5.75 Å². The number of sulfone groups is 1. The van der Waals surface area contributed by atoms with Crippen molar-refractivity contribution in [2.75, 3.05) is 12.0 Å². The molecule has 7 nitrogen and oxygen atoms in total. The van der Waals surface area contributed by atoms with Gasteiger partial charge in [0.1, 0.15) is 4.75 Å². The second-order valence-corrected chi connectivity index (χ2v) is 7.81. The van der Waals surface area contributed by atoms with Crippen LogP contribution in [0, 0.1) is 0 Å². The van der Waals surface area contributed by atoms with Crippen molar-refractivity contribution >= 4 is 27.6 Å². The van der Waals surface area contributed by atoms with Crippen molar-refractivity contribution in [2.24, 2.45) is 7.05 Å². The van der Waals surface area contributed by atoms with Gasteiger partial charge in [0.2, 0.25) is 0 Å². The van der Waals surface area contributed by atoms with Crippen LogP contribution in [0.4, 0.5) is 0 Å². The summed E-state index contributed by atoms with van der Waals surface area (Å²) in [4.78, 5) is 14.6. The largest absolute Gasteiger partial charge is 0.481 e. The van der Waals surface area contributed by atoms with E-state index in [0.717, 1.165) is 18.0 Å². The van der Waals surface area contributed by atoms with Crippen LogP contribution in [0.5, 0.6) is 0 Å². The SMILES string of the molecule is Cn1nc(C(C)(C)S(C)(=O)=O)nc1SCC(=O)O. The van der Waals surface area contributed by atoms with Gasteiger partial charge in [0.25, 0.3) is 0 Å². The highest BCUT2D eigenvalue weighted by molar-refractivity contribution is 7.99. The fraction of sp³-hybridized carbons (Fsp3) is 0.667. The van der Waals surface area contributed by atoms with Crippen LogP contribution in [-0.4, -0.2) is 46.3 Å². The Kier molecular flexibility index (Phi) is 4.06. The van der Waals surface area contributed by atoms with E-state index in [9.17, 15) is 13.2 Å². The molecule has 0 aliphatic carbocycles. The molecule has 1 rings (SSSR count). The molecule has 1 heterocycles. The van der Waals surface area contributed by atoms with Crippen LogP contribution >= 0.6 is 11.8 Å². The van der Waals surface area contributed by atoms with Gasteiger partial charge in [-0.15, -0.1) is 0 Å². The molecular formula is C9H15N3O4S2. The zero-order valence-electron chi connectivity index (χ0n) is 10.5. The molecule has 0 atom stereocenters. The van der Waals surface area contributed by atoms with Crippen LogP contribution in [-0.2, 0) is 26.4 Å². The third kappa shape index (κ3) is 3.02. The average molecular weight is 293 g/mol. The predicted octanol–water partition coefficient (Wildman–Crippen LogP) is 0.272. The predicted molar refractivity (Wildman–Crippen MR) is 67.2 cm³/mol. The summed E-state index contributed by atoms with van der Waals surface area (Å²) in [7, 11) is -1.76. The number of carbonyl (C=O) groups is 1. The lowest BCUT2D eigenvalue weighted by molar-refractivity contribution is -0.133. The quantitative estimate of drug-likeness (QED) is 0.777. The van der Waals surface area contributed by atoms with E-state index < -0.39 is 20.6 Å². The molecule has 0 saturated heterocycles. The van der Waals surface area contributed by atoms with Crippen LogP contribution in [0.1, 0.15) is 19.7 Å². The molecule has 0 aromatic carbocycles. The van der Waals surface area contributed by atoms with Gasteiger partial charge in [-0.25, -0.2) is 18.1 Å². The number of hydrogen-bond acceptors (Lipinski definition) is 6. The van der Waals surface area contributed by atoms with Gasteiger partial charge in [-0.3, -0.25) is 4.79 Å². The van der Waals surface area contributed by atoms with E-state index in [1.807, 2.05) is 0 Å². The van der Waals surface area contributed by atoms with Gasteiger partial charge in [0.15, 0.2) is 20.8 Å². The number of rotatable bonds is 5. The molecule has 0 fully saturated rings. The number of aromatic nitrogens is 3. The molecule has 0 amide bonds. The maximum Gasteiger partial charge on any atom is 0.313 e. The van der Waals surface area contributed by atoms with Crippen molar-refractivity contribution in [3.8, 4) is 0 Å². The summed E-state index contributed by atoms with van der Waals surface area (Å²) in [5, 5.41) is 13.0. The Balaban J connectivity index is 3.08. The average Bonchev–Trinajstić information content (AvgIpc) is 2.55. The zero-order valence-corrected chi connectivity index (χ0v) is 12.2. The van der Waals surface area contributed by atoms with Gasteiger partial charge in [-0.1, -0.05) is 11.8 Å². The molecule has 9 heteroatoms. The summed E-state index contributed by atoms with van der Waals surface area (Å²) in [6.07, 6.45) is 1.12. The van der Waals surface area contributed by atoms with E-state index in [-0.39, 0.29) is 11.6 Å². The van der Waals surface area contributed by atoms with Gasteiger partial charge < -0.3 is 5.11 Å². The fourth-order valence-electron chi connectivity index (χ4n) is 1.04. The first-order chi connectivity index (χ1) is 8.05. The fourth-order valence-corrected chi connectivity index (χ4v) is 2.09. The molecular weight excluding hydrogens is 278 g/mol. The van der Waals surface area contributed by atoms with Crippen molar-refractivity contribution in [1.82, 2.24) is 14.8 Å². The van der Waals surface area contributed by atoms with Crippen molar-refractivity contribution in [3.63, 3.8) is 0 Å². The summed E-state index contributed by atoms with van der Waals surface area (Å²) in [5.74, 6) is -0.946. The maximum absolute atomic E-state index is 11.6. The Morgan fingerprint density at radius 3 is 2.50 bits per heavy atom. The molecule has 1 aromatic heterocycles. The van der Waals surface area contributed by atoms with Crippen LogP contribution in [0.25, 0.3) is 0 Å². The maximum atomic E-state index is 11.6. The van der Waals surface area contributed by atoms with Crippen molar-refractivity contribution in [2.45, 2.75) is 23.8 Å². The summed E-state index contributed by atoms with van der Waals surface area (Å²) < 4.78 is 23.5. The van der Waals surface area contributed by atoms with Crippen LogP contribution < -0.4 is 0 Å². The topological polar surface area (TPSA) is 102 Å². The van der Waals surface area contributed by atoms with Crippen molar-refractivity contribution in [3.05, 3.63) is 5.82 Å². The highest BCUT2D eigenvalue weighted by Crippen LogP contribution is 2.27. The minimum absolute atomic E-state index is 0.148. The number of carboxylic acid groups (broad SMARTS) is 1. The number of thioether (sulfide) groups is 1. The lowest BCUT2D eigenvalue weighted by Gasteiger charge is -2.17. The van der Waals surface area contributed by atoms with Gasteiger partial charge in [0, 0.05) is 13.3 Å². The molecule has 0 saturated carbocycles. The molecule has 0 unspecified atom stereocenters. The zero-order chi connectivity index (χ0) is 14.1. The van der Waals surface area contributed by atoms with Crippen LogP contribution in [0.15, 0.2) is 5.16 Å². The molecule has 102 valence electrons. The summed E-state index contributed by atoms with van der Waals surface area (Å²) >= 11 is 0.998. The third-order valence-electron chi connectivity index (χ3n) is 2.51. The molecule has 1 N–H and O–H groups in total. The van der Waals surface area contributed by atoms with Crippen LogP contribution in [0.3, 0.4) is 0 Å². The Hall–Kier alpha value is -1.09. The van der Waals surface area contributed by atoms with E-state index >= 15 is 0 Å². The molecule has 0 radical (unpaired) electrons. The number of aryl methyl sites for hydroxylation is 1. The first-order valence-corrected chi connectivity index (χ1v) is 7.89. The Labute approximate surface area is 110 Å². The smallest absolute Gasteiger partial charge is 0.313 e. The van der Waals surface area contributed by atoms with E-state index in [2.05, 4.69) is 10.1 Å². The monoisotopic (exact) mass is 293 g/mol. The highest BCUT2D eigenvalue weighted by Gasteiger charge is 2.37. The van der Waals surface area contributed by atoms with Crippen LogP contribution in [0.2, 0.25) is 0 Å². The van der Waals surface area contributed by atoms with Gasteiger partial charge in [-0.2, -0.15) is 5.10 Å². The molecule has 0 bridgehead atoms. The Morgan fingerprint density at radius 1 is 1.50 bits per heavy atom. The van der Waals surface area contributed by atoms with E-state index in [0.29, 0.717) is 5.16 Å². The lowest BCUT2D eigenvalue weighted by Crippen LogP contribution is -2.29. The minimum Gasteiger partial charge on any atom is -0.481 e. The van der Waals surface area contributed by atoms with E-state index in [4.69, 9.17) is 5.11 Å². The van der Waals surface area contributed by atoms with E-state index in [1.165, 1.54) is 18.5 Å². The number of aliphatic carboxylic acids is 1. The second kappa shape index (κ2) is 4.88. The summed E-state index contributed by atoms with van der Waals surface area (Å²) in [6, 6.07) is 0. The molecule has 18 heavy (non-hydrogen) atoms. The first kappa shape index (κ1) is 15.0. The number of nitrogens with zero attached hydrogens (tertiary/aromatic N) is 3. The lowest BCUT2D eigenvalue weighted by atomic mass is 10.2. The van der Waals surface area contributed by atoms with E-state index in [1.54, 1.807) is 7.05 Å². The standard InChI is InChI=1S/C9H15N3O4S2/c1-9(2,18(4,15)16)7-10-8(12(3)11-7)17-5-6(13)14/h5H2,1-4H3,(H,13,14). The van der Waals surface area contributed by atoms with Crippen molar-refractivity contribution in [1.29, 1.82) is 0 Å². The molecule has 0 aliphatic heterocycles. The Morgan fingerprint density at radius 2 is 2.06 bits per heavy atom. The normalized spacial score (nSPS) is 12.7. The third-order valence-corrected chi connectivity index (χ3v) is 5.55. The molecule has 0 aliphatic rings. The summed E-state index contributed by atoms with van der Waals surface area (Å²) in [6.45, 7) is 3.03. The molecule has 1 aromatic rings. The van der Waals surface area contributed by atoms with Gasteiger partial charge >= 0.3 is 5.97 Å². The molecule has 0 spiro atoms. The minimum atomic E-state index is -3.35. The van der Waals surface area contributed by atoms with Gasteiger partial charge in [-0.05, 0) is 13.8 Å². The number of carboxylic acids is 1. The Bertz CT molecular complexity index is 562. The highest BCUT2D eigenvalue weighted by atomic mass is 32.2. The second-order valence-electron chi connectivity index (χ2n) is 4.31. The first-order valence-electron chi connectivity index (χ1n) is 5.01. The summed E-state index contributed by atoms with van der Waals surface area (Å²) in [5.41, 5.74) is 0. The number of hydrogen-bond donors (Lipinski definition) is 1. The van der Waals surface area contributed by atoms with Crippen molar-refractivity contribution < 1.29 is 18.3 Å².